The van der Waals surface area contributed by atoms with Crippen molar-refractivity contribution in [2.75, 3.05) is 39.3 Å². The molecule has 3 fully saturated rings. The van der Waals surface area contributed by atoms with Gasteiger partial charge in [-0.15, -0.1) is 0 Å². The monoisotopic (exact) mass is 785 g/mol. The summed E-state index contributed by atoms with van der Waals surface area (Å²) in [6.45, 7) is 27.1. The van der Waals surface area contributed by atoms with Crippen molar-refractivity contribution >= 4 is 34.8 Å². The van der Waals surface area contributed by atoms with E-state index in [1.165, 1.54) is 16.0 Å². The highest BCUT2D eigenvalue weighted by atomic mass is 127. The minimum atomic E-state index is -0.447. The molecule has 0 radical (unpaired) electrons. The SMILES string of the molecule is CC.CC.CC.CC(C)(C)OC(=O)N1CC(I)C1.CC(C)(C)OC(=O)N1CC(O)C1.OC1CN(C(c2ccccc2)c2ccccc2)C1. The fourth-order valence-corrected chi connectivity index (χ4v) is 5.37. The number of aliphatic hydroxyl groups excluding tert-OH is 2. The lowest BCUT2D eigenvalue weighted by molar-refractivity contribution is -0.0303. The molecule has 3 aliphatic rings. The van der Waals surface area contributed by atoms with Crippen LogP contribution in [0.15, 0.2) is 60.7 Å². The number of amides is 2. The average Bonchev–Trinajstić information content (AvgIpc) is 3.00. The van der Waals surface area contributed by atoms with Crippen molar-refractivity contribution in [3.8, 4) is 0 Å². The Kier molecular flexibility index (Phi) is 21.9. The van der Waals surface area contributed by atoms with Gasteiger partial charge in [0.2, 0.25) is 0 Å². The number of aliphatic hydroxyl groups is 2. The molecule has 10 heteroatoms. The second kappa shape index (κ2) is 23.1. The van der Waals surface area contributed by atoms with Gasteiger partial charge in [-0.05, 0) is 52.7 Å². The van der Waals surface area contributed by atoms with E-state index < -0.39 is 5.60 Å². The van der Waals surface area contributed by atoms with Crippen LogP contribution in [0.5, 0.6) is 0 Å². The van der Waals surface area contributed by atoms with Gasteiger partial charge in [0.25, 0.3) is 0 Å². The number of rotatable bonds is 3. The minimum Gasteiger partial charge on any atom is -0.444 e. The van der Waals surface area contributed by atoms with Crippen molar-refractivity contribution in [1.29, 1.82) is 0 Å². The highest BCUT2D eigenvalue weighted by molar-refractivity contribution is 14.1. The summed E-state index contributed by atoms with van der Waals surface area (Å²) >= 11 is 2.33. The highest BCUT2D eigenvalue weighted by Crippen LogP contribution is 2.32. The fraction of sp³-hybridized carbons (Fsp3) is 0.632. The molecule has 3 aliphatic heterocycles. The molecule has 0 aliphatic carbocycles. The Bertz CT molecular complexity index is 1040. The molecule has 2 aromatic rings. The van der Waals surface area contributed by atoms with Crippen LogP contribution in [0.25, 0.3) is 0 Å². The number of nitrogens with zero attached hydrogens (tertiary/aromatic N) is 3. The number of ether oxygens (including phenoxy) is 2. The predicted octanol–water partition coefficient (Wildman–Crippen LogP) is 8.17. The standard InChI is InChI=1S/C16H17NO.C8H14INO2.C8H15NO3.3C2H6/c18-15-11-17(12-15)16(13-7-3-1-4-8-13)14-9-5-2-6-10-14;1-8(2,3)12-7(11)10-4-6(9)5-10;1-8(2,3)12-7(11)9-4-6(10)5-9;3*1-2/h1-10,15-16,18H,11-12H2;6H,4-5H2,1-3H3;6,10H,4-5H2,1-3H3;3*1-2H3. The second-order valence-electron chi connectivity index (χ2n) is 12.9. The quantitative estimate of drug-likeness (QED) is 0.239. The Labute approximate surface area is 305 Å². The minimum absolute atomic E-state index is 0.167. The first-order valence-electron chi connectivity index (χ1n) is 17.4. The summed E-state index contributed by atoms with van der Waals surface area (Å²) in [5.41, 5.74) is 1.76. The Morgan fingerprint density at radius 1 is 0.625 bits per heavy atom. The highest BCUT2D eigenvalue weighted by Gasteiger charge is 2.34. The Morgan fingerprint density at radius 3 is 1.21 bits per heavy atom. The molecule has 0 unspecified atom stereocenters. The average molecular weight is 786 g/mol. The number of hydrogen-bond acceptors (Lipinski definition) is 7. The van der Waals surface area contributed by atoms with E-state index in [1.54, 1.807) is 4.90 Å². The van der Waals surface area contributed by atoms with Crippen LogP contribution in [-0.4, -0.2) is 104 Å². The van der Waals surface area contributed by atoms with Crippen LogP contribution in [0.1, 0.15) is 100 Å². The van der Waals surface area contributed by atoms with E-state index in [9.17, 15) is 14.7 Å². The van der Waals surface area contributed by atoms with Gasteiger partial charge >= 0.3 is 12.2 Å². The molecule has 274 valence electrons. The number of likely N-dealkylation sites (tertiary alicyclic amines) is 3. The third-order valence-electron chi connectivity index (χ3n) is 6.49. The van der Waals surface area contributed by atoms with Crippen molar-refractivity contribution in [1.82, 2.24) is 14.7 Å². The molecule has 0 atom stereocenters. The molecule has 48 heavy (non-hydrogen) atoms. The maximum absolute atomic E-state index is 11.3. The molecule has 5 rings (SSSR count). The van der Waals surface area contributed by atoms with E-state index in [2.05, 4.69) is 76.0 Å². The zero-order valence-electron chi connectivity index (χ0n) is 31.6. The number of β-amino-alcohol motifs (C(OH)–C–C–N with tert-alkyl or cyclic N) is 2. The van der Waals surface area contributed by atoms with E-state index in [0.717, 1.165) is 26.2 Å². The fourth-order valence-electron chi connectivity index (χ4n) is 4.41. The number of benzene rings is 2. The molecule has 2 N–H and O–H groups in total. The van der Waals surface area contributed by atoms with Crippen molar-refractivity contribution in [3.63, 3.8) is 0 Å². The summed E-state index contributed by atoms with van der Waals surface area (Å²) < 4.78 is 10.8. The first kappa shape index (κ1) is 45.6. The van der Waals surface area contributed by atoms with Gasteiger partial charge in [0.1, 0.15) is 11.2 Å². The number of hydrogen-bond donors (Lipinski definition) is 2. The maximum Gasteiger partial charge on any atom is 0.410 e. The van der Waals surface area contributed by atoms with Gasteiger partial charge in [-0.3, -0.25) is 4.90 Å². The summed E-state index contributed by atoms with van der Waals surface area (Å²) in [7, 11) is 0. The summed E-state index contributed by atoms with van der Waals surface area (Å²) in [4.78, 5) is 28.0. The Morgan fingerprint density at radius 2 is 0.938 bits per heavy atom. The second-order valence-corrected chi connectivity index (χ2v) is 14.6. The molecular formula is C38H64IN3O6. The molecule has 3 saturated heterocycles. The summed E-state index contributed by atoms with van der Waals surface area (Å²) in [5.74, 6) is 0. The predicted molar refractivity (Wildman–Crippen MR) is 206 cm³/mol. The lowest BCUT2D eigenvalue weighted by Crippen LogP contribution is -2.54. The van der Waals surface area contributed by atoms with Crippen LogP contribution < -0.4 is 0 Å². The van der Waals surface area contributed by atoms with Crippen LogP contribution in [0.4, 0.5) is 9.59 Å². The molecule has 0 bridgehead atoms. The zero-order valence-corrected chi connectivity index (χ0v) is 33.7. The Balaban J connectivity index is 0.000000657. The smallest absolute Gasteiger partial charge is 0.410 e. The lowest BCUT2D eigenvalue weighted by atomic mass is 9.94. The molecule has 2 amide bonds. The Hall–Kier alpha value is -2.41. The van der Waals surface area contributed by atoms with Crippen molar-refractivity contribution in [2.24, 2.45) is 0 Å². The topological polar surface area (TPSA) is 103 Å². The number of alkyl halides is 1. The summed E-state index contributed by atoms with van der Waals surface area (Å²) in [6, 6.07) is 21.2. The summed E-state index contributed by atoms with van der Waals surface area (Å²) in [6.07, 6.45) is -1.05. The lowest BCUT2D eigenvalue weighted by Gasteiger charge is -2.42. The van der Waals surface area contributed by atoms with Crippen LogP contribution >= 0.6 is 22.6 Å². The van der Waals surface area contributed by atoms with E-state index in [-0.39, 0.29) is 36.0 Å². The number of carbonyl (C=O) groups excluding carboxylic acids is 2. The van der Waals surface area contributed by atoms with Crippen LogP contribution in [0.2, 0.25) is 0 Å². The molecule has 0 spiro atoms. The zero-order chi connectivity index (χ0) is 37.1. The van der Waals surface area contributed by atoms with Gasteiger partial charge in [-0.25, -0.2) is 9.59 Å². The van der Waals surface area contributed by atoms with Crippen LogP contribution in [-0.2, 0) is 9.47 Å². The molecule has 0 aromatic heterocycles. The van der Waals surface area contributed by atoms with Crippen molar-refractivity contribution in [3.05, 3.63) is 71.8 Å². The van der Waals surface area contributed by atoms with Gasteiger partial charge in [0, 0.05) is 30.1 Å². The molecular weight excluding hydrogens is 721 g/mol. The largest absolute Gasteiger partial charge is 0.444 e. The normalized spacial score (nSPS) is 16.1. The van der Waals surface area contributed by atoms with Crippen molar-refractivity contribution in [2.45, 2.75) is 116 Å². The third kappa shape index (κ3) is 17.3. The van der Waals surface area contributed by atoms with Gasteiger partial charge < -0.3 is 29.5 Å². The van der Waals surface area contributed by atoms with E-state index >= 15 is 0 Å². The number of halogens is 1. The maximum atomic E-state index is 11.3. The first-order chi connectivity index (χ1) is 22.6. The molecule has 3 heterocycles. The van der Waals surface area contributed by atoms with E-state index in [0.29, 0.717) is 17.0 Å². The van der Waals surface area contributed by atoms with Gasteiger partial charge in [-0.1, -0.05) is 125 Å². The van der Waals surface area contributed by atoms with Gasteiger partial charge in [-0.2, -0.15) is 0 Å². The number of carbonyl (C=O) groups is 2. The van der Waals surface area contributed by atoms with Crippen LogP contribution in [0.3, 0.4) is 0 Å². The van der Waals surface area contributed by atoms with E-state index in [4.69, 9.17) is 14.6 Å². The molecule has 2 aromatic carbocycles. The molecule has 0 saturated carbocycles. The van der Waals surface area contributed by atoms with E-state index in [1.807, 2.05) is 95.2 Å². The first-order valence-corrected chi connectivity index (χ1v) is 18.7. The third-order valence-corrected chi connectivity index (χ3v) is 7.28. The van der Waals surface area contributed by atoms with Crippen LogP contribution in [0, 0.1) is 0 Å². The molecule has 9 nitrogen and oxygen atoms in total. The van der Waals surface area contributed by atoms with Crippen molar-refractivity contribution < 1.29 is 29.3 Å². The van der Waals surface area contributed by atoms with Gasteiger partial charge in [0.05, 0.1) is 31.3 Å². The van der Waals surface area contributed by atoms with Gasteiger partial charge in [0.15, 0.2) is 0 Å². The summed E-state index contributed by atoms with van der Waals surface area (Å²) in [5, 5.41) is 18.4.